The topological polar surface area (TPSA) is 0 Å². The summed E-state index contributed by atoms with van der Waals surface area (Å²) < 4.78 is 0. The first-order valence-electron chi connectivity index (χ1n) is 5.27. The van der Waals surface area contributed by atoms with Crippen LogP contribution in [0.1, 0.15) is 5.56 Å². The van der Waals surface area contributed by atoms with Crippen molar-refractivity contribution in [1.29, 1.82) is 0 Å². The molecule has 72 valence electrons. The average molecular weight is 192 g/mol. The first-order chi connectivity index (χ1) is 7.45. The van der Waals surface area contributed by atoms with Gasteiger partial charge in [-0.15, -0.1) is 0 Å². The summed E-state index contributed by atoms with van der Waals surface area (Å²) in [5, 5.41) is 0. The molecule has 0 aliphatic heterocycles. The zero-order valence-corrected chi connectivity index (χ0v) is 8.43. The Kier molecular flexibility index (Phi) is 1.92. The highest BCUT2D eigenvalue weighted by Gasteiger charge is 2.20. The molecular weight excluding hydrogens is 180 g/mol. The number of hydrogen-bond acceptors (Lipinski definition) is 0. The normalized spacial score (nSPS) is 22.3. The number of allylic oxidation sites excluding steroid dienone is 8. The Hall–Kier alpha value is -1.82. The molecule has 0 fully saturated rings. The molecule has 15 heavy (non-hydrogen) atoms. The fourth-order valence-electron chi connectivity index (χ4n) is 2.21. The van der Waals surface area contributed by atoms with Crippen molar-refractivity contribution in [3.8, 4) is 0 Å². The fraction of sp³-hybridized carbons (Fsp3) is 0.0667. The second-order valence-electron chi connectivity index (χ2n) is 3.88. The Morgan fingerprint density at radius 2 is 1.73 bits per heavy atom. The largest absolute Gasteiger partial charge is 0.0726 e. The van der Waals surface area contributed by atoms with Crippen molar-refractivity contribution >= 4 is 5.57 Å². The SMILES string of the molecule is C1=CC2=CC=CC2C(c2ccccc2)=C1. The predicted molar refractivity (Wildman–Crippen MR) is 64.3 cm³/mol. The van der Waals surface area contributed by atoms with Crippen LogP contribution in [0.5, 0.6) is 0 Å². The summed E-state index contributed by atoms with van der Waals surface area (Å²) in [5.41, 5.74) is 4.12. The molecular formula is C15H12. The van der Waals surface area contributed by atoms with E-state index >= 15 is 0 Å². The van der Waals surface area contributed by atoms with E-state index in [0.29, 0.717) is 5.92 Å². The second-order valence-corrected chi connectivity index (χ2v) is 3.88. The van der Waals surface area contributed by atoms with Gasteiger partial charge in [0.15, 0.2) is 0 Å². The maximum absolute atomic E-state index is 2.26. The molecule has 0 radical (unpaired) electrons. The molecule has 2 aliphatic carbocycles. The molecule has 0 spiro atoms. The molecule has 1 aromatic rings. The number of benzene rings is 1. The summed E-state index contributed by atoms with van der Waals surface area (Å²) in [5.74, 6) is 0.470. The van der Waals surface area contributed by atoms with Gasteiger partial charge >= 0.3 is 0 Å². The van der Waals surface area contributed by atoms with Crippen LogP contribution in [0.4, 0.5) is 0 Å². The van der Waals surface area contributed by atoms with Crippen LogP contribution in [-0.2, 0) is 0 Å². The quantitative estimate of drug-likeness (QED) is 0.635. The van der Waals surface area contributed by atoms with Gasteiger partial charge in [-0.1, -0.05) is 66.8 Å². The Balaban J connectivity index is 2.07. The maximum Gasteiger partial charge on any atom is 0.0278 e. The van der Waals surface area contributed by atoms with E-state index in [-0.39, 0.29) is 0 Å². The lowest BCUT2D eigenvalue weighted by atomic mass is 9.85. The van der Waals surface area contributed by atoms with Gasteiger partial charge in [-0.25, -0.2) is 0 Å². The molecule has 0 bridgehead atoms. The lowest BCUT2D eigenvalue weighted by Gasteiger charge is -2.18. The molecule has 0 saturated heterocycles. The minimum atomic E-state index is 0.470. The van der Waals surface area contributed by atoms with Gasteiger partial charge in [-0.05, 0) is 16.7 Å². The van der Waals surface area contributed by atoms with Crippen LogP contribution in [0.25, 0.3) is 5.57 Å². The Labute approximate surface area is 89.9 Å². The smallest absolute Gasteiger partial charge is 0.0278 e. The van der Waals surface area contributed by atoms with Gasteiger partial charge in [0.1, 0.15) is 0 Å². The van der Waals surface area contributed by atoms with Crippen LogP contribution in [0.3, 0.4) is 0 Å². The van der Waals surface area contributed by atoms with Crippen molar-refractivity contribution in [2.24, 2.45) is 5.92 Å². The molecule has 0 nitrogen and oxygen atoms in total. The summed E-state index contributed by atoms with van der Waals surface area (Å²) in [4.78, 5) is 0. The lowest BCUT2D eigenvalue weighted by molar-refractivity contribution is 1.04. The zero-order valence-electron chi connectivity index (χ0n) is 8.43. The summed E-state index contributed by atoms with van der Waals surface area (Å²) in [6, 6.07) is 10.6. The predicted octanol–water partition coefficient (Wildman–Crippen LogP) is 3.75. The average Bonchev–Trinajstić information content (AvgIpc) is 2.78. The van der Waals surface area contributed by atoms with Crippen molar-refractivity contribution in [3.05, 3.63) is 77.9 Å². The van der Waals surface area contributed by atoms with E-state index in [1.54, 1.807) is 0 Å². The van der Waals surface area contributed by atoms with Gasteiger partial charge in [-0.3, -0.25) is 0 Å². The second kappa shape index (κ2) is 3.39. The Morgan fingerprint density at radius 1 is 0.867 bits per heavy atom. The van der Waals surface area contributed by atoms with E-state index in [2.05, 4.69) is 66.8 Å². The first kappa shape index (κ1) is 8.49. The first-order valence-corrected chi connectivity index (χ1v) is 5.27. The highest BCUT2D eigenvalue weighted by Crippen LogP contribution is 2.36. The number of rotatable bonds is 1. The minimum absolute atomic E-state index is 0.470. The maximum atomic E-state index is 2.26. The van der Waals surface area contributed by atoms with Gasteiger partial charge < -0.3 is 0 Å². The molecule has 2 aliphatic rings. The van der Waals surface area contributed by atoms with Gasteiger partial charge in [0.2, 0.25) is 0 Å². The standard InChI is InChI=1S/C15H12/c1-2-6-12(7-3-1)14-10-4-8-13-9-5-11-15(13)14/h1-11,15H. The third kappa shape index (κ3) is 1.39. The third-order valence-electron chi connectivity index (χ3n) is 2.96. The molecule has 3 rings (SSSR count). The van der Waals surface area contributed by atoms with Gasteiger partial charge in [0, 0.05) is 5.92 Å². The van der Waals surface area contributed by atoms with Crippen molar-refractivity contribution in [2.45, 2.75) is 0 Å². The Morgan fingerprint density at radius 3 is 2.60 bits per heavy atom. The van der Waals surface area contributed by atoms with Crippen LogP contribution in [0.15, 0.2) is 72.4 Å². The molecule has 0 saturated carbocycles. The number of fused-ring (bicyclic) bond motifs is 1. The minimum Gasteiger partial charge on any atom is -0.0726 e. The van der Waals surface area contributed by atoms with Crippen molar-refractivity contribution in [1.82, 2.24) is 0 Å². The monoisotopic (exact) mass is 192 g/mol. The van der Waals surface area contributed by atoms with Gasteiger partial charge in [-0.2, -0.15) is 0 Å². The van der Waals surface area contributed by atoms with Crippen molar-refractivity contribution in [2.75, 3.05) is 0 Å². The highest BCUT2D eigenvalue weighted by atomic mass is 14.2. The Bertz CT molecular complexity index is 484. The summed E-state index contributed by atoms with van der Waals surface area (Å²) in [6.45, 7) is 0. The van der Waals surface area contributed by atoms with E-state index in [1.165, 1.54) is 16.7 Å². The summed E-state index contributed by atoms with van der Waals surface area (Å²) >= 11 is 0. The van der Waals surface area contributed by atoms with Crippen molar-refractivity contribution in [3.63, 3.8) is 0 Å². The molecule has 1 aromatic carbocycles. The van der Waals surface area contributed by atoms with E-state index in [0.717, 1.165) is 0 Å². The van der Waals surface area contributed by atoms with Crippen molar-refractivity contribution < 1.29 is 0 Å². The fourth-order valence-corrected chi connectivity index (χ4v) is 2.21. The van der Waals surface area contributed by atoms with E-state index < -0.39 is 0 Å². The molecule has 0 heterocycles. The van der Waals surface area contributed by atoms with Gasteiger partial charge in [0.05, 0.1) is 0 Å². The summed E-state index contributed by atoms with van der Waals surface area (Å²) in [7, 11) is 0. The van der Waals surface area contributed by atoms with Crippen LogP contribution >= 0.6 is 0 Å². The molecule has 1 atom stereocenters. The third-order valence-corrected chi connectivity index (χ3v) is 2.96. The van der Waals surface area contributed by atoms with Gasteiger partial charge in [0.25, 0.3) is 0 Å². The molecule has 1 unspecified atom stereocenters. The van der Waals surface area contributed by atoms with E-state index in [1.807, 2.05) is 0 Å². The zero-order chi connectivity index (χ0) is 10.1. The van der Waals surface area contributed by atoms with Crippen LogP contribution in [0.2, 0.25) is 0 Å². The van der Waals surface area contributed by atoms with Crippen LogP contribution < -0.4 is 0 Å². The lowest BCUT2D eigenvalue weighted by Crippen LogP contribution is -2.03. The van der Waals surface area contributed by atoms with Crippen LogP contribution in [0, 0.1) is 5.92 Å². The molecule has 0 N–H and O–H groups in total. The number of hydrogen-bond donors (Lipinski definition) is 0. The van der Waals surface area contributed by atoms with Crippen LogP contribution in [-0.4, -0.2) is 0 Å². The molecule has 0 heteroatoms. The van der Waals surface area contributed by atoms with E-state index in [4.69, 9.17) is 0 Å². The molecule has 0 amide bonds. The summed E-state index contributed by atoms with van der Waals surface area (Å²) in [6.07, 6.45) is 13.1. The molecule has 0 aromatic heterocycles. The van der Waals surface area contributed by atoms with E-state index in [9.17, 15) is 0 Å². The highest BCUT2D eigenvalue weighted by molar-refractivity contribution is 5.76.